The number of piperazine rings is 1. The summed E-state index contributed by atoms with van der Waals surface area (Å²) in [6.07, 6.45) is 0. The van der Waals surface area contributed by atoms with Gasteiger partial charge in [-0.3, -0.25) is 14.4 Å². The van der Waals surface area contributed by atoms with Gasteiger partial charge in [0.1, 0.15) is 17.1 Å². The maximum Gasteiger partial charge on any atom is 0.261 e. The van der Waals surface area contributed by atoms with Crippen molar-refractivity contribution in [1.82, 2.24) is 15.2 Å². The molecule has 0 unspecified atom stereocenters. The van der Waals surface area contributed by atoms with Crippen LogP contribution in [0, 0.1) is 5.82 Å². The van der Waals surface area contributed by atoms with Gasteiger partial charge in [-0.15, -0.1) is 0 Å². The van der Waals surface area contributed by atoms with E-state index in [2.05, 4.69) is 24.8 Å². The third-order valence-electron chi connectivity index (χ3n) is 6.46. The molecule has 12 heteroatoms. The third kappa shape index (κ3) is 6.29. The largest absolute Gasteiger partial charge is 0.497 e. The van der Waals surface area contributed by atoms with E-state index in [1.54, 1.807) is 36.4 Å². The average Bonchev–Trinajstić information content (AvgIpc) is 3.39. The fraction of sp³-hybridized carbons (Fsp3) is 0.259. The average molecular weight is 570 g/mol. The molecule has 2 heterocycles. The van der Waals surface area contributed by atoms with Crippen molar-refractivity contribution in [2.24, 2.45) is 0 Å². The van der Waals surface area contributed by atoms with Gasteiger partial charge < -0.3 is 15.0 Å². The van der Waals surface area contributed by atoms with E-state index in [1.165, 1.54) is 42.7 Å². The summed E-state index contributed by atoms with van der Waals surface area (Å²) in [7, 11) is -2.31. The predicted molar refractivity (Wildman–Crippen MR) is 151 cm³/mol. The first kappa shape index (κ1) is 26.9. The van der Waals surface area contributed by atoms with Crippen molar-refractivity contribution in [1.29, 1.82) is 0 Å². The number of carbonyl (C=O) groups is 1. The number of carbonyl (C=O) groups excluding carboxylic acids is 1. The van der Waals surface area contributed by atoms with Gasteiger partial charge in [-0.05, 0) is 54.6 Å². The fourth-order valence-electron chi connectivity index (χ4n) is 4.32. The number of para-hydroxylation sites is 1. The van der Waals surface area contributed by atoms with E-state index in [4.69, 9.17) is 4.74 Å². The van der Waals surface area contributed by atoms with E-state index < -0.39 is 10.0 Å². The molecule has 4 aromatic rings. The van der Waals surface area contributed by atoms with Crippen LogP contribution in [0.3, 0.4) is 0 Å². The minimum atomic E-state index is -3.82. The number of halogens is 1. The second kappa shape index (κ2) is 11.6. The Morgan fingerprint density at radius 2 is 1.79 bits per heavy atom. The van der Waals surface area contributed by atoms with E-state index in [-0.39, 0.29) is 16.6 Å². The van der Waals surface area contributed by atoms with Crippen LogP contribution in [0.15, 0.2) is 71.6 Å². The molecule has 0 radical (unpaired) electrons. The number of methoxy groups -OCH3 is 1. The van der Waals surface area contributed by atoms with Crippen LogP contribution in [-0.2, 0) is 10.0 Å². The highest BCUT2D eigenvalue weighted by molar-refractivity contribution is 7.92. The first-order valence-electron chi connectivity index (χ1n) is 12.4. The Hall–Kier alpha value is -3.74. The summed E-state index contributed by atoms with van der Waals surface area (Å²) >= 11 is 1.49. The van der Waals surface area contributed by atoms with Crippen molar-refractivity contribution in [2.75, 3.05) is 56.0 Å². The summed E-state index contributed by atoms with van der Waals surface area (Å²) < 4.78 is 47.9. The summed E-state index contributed by atoms with van der Waals surface area (Å²) in [6.45, 7) is 4.27. The van der Waals surface area contributed by atoms with Gasteiger partial charge in [-0.25, -0.2) is 17.8 Å². The number of ether oxygens (including phenoxy) is 1. The molecule has 39 heavy (non-hydrogen) atoms. The van der Waals surface area contributed by atoms with E-state index in [1.807, 2.05) is 6.07 Å². The van der Waals surface area contributed by atoms with Gasteiger partial charge in [0.25, 0.3) is 15.9 Å². The Bertz CT molecular complexity index is 1570. The maximum atomic E-state index is 14.0. The van der Waals surface area contributed by atoms with Crippen molar-refractivity contribution in [3.8, 4) is 5.75 Å². The number of aromatic nitrogens is 1. The number of hydrogen-bond acceptors (Lipinski definition) is 8. The quantitative estimate of drug-likeness (QED) is 0.316. The molecule has 0 saturated carbocycles. The molecule has 0 spiro atoms. The van der Waals surface area contributed by atoms with E-state index >= 15 is 0 Å². The van der Waals surface area contributed by atoms with Gasteiger partial charge in [0.2, 0.25) is 0 Å². The number of thiazole rings is 1. The molecule has 2 N–H and O–H groups in total. The van der Waals surface area contributed by atoms with Crippen molar-refractivity contribution < 1.29 is 22.3 Å². The van der Waals surface area contributed by atoms with Gasteiger partial charge in [-0.1, -0.05) is 23.5 Å². The summed E-state index contributed by atoms with van der Waals surface area (Å²) in [5, 5.41) is 3.73. The number of nitrogens with one attached hydrogen (secondary N) is 2. The summed E-state index contributed by atoms with van der Waals surface area (Å²) in [4.78, 5) is 21.7. The molecule has 1 saturated heterocycles. The number of amides is 1. The first-order valence-corrected chi connectivity index (χ1v) is 14.7. The summed E-state index contributed by atoms with van der Waals surface area (Å²) in [6, 6.07) is 17.4. The molecule has 0 atom stereocenters. The third-order valence-corrected chi connectivity index (χ3v) is 8.94. The molecule has 204 valence electrons. The van der Waals surface area contributed by atoms with Crippen molar-refractivity contribution in [3.63, 3.8) is 0 Å². The topological polar surface area (TPSA) is 104 Å². The Kier molecular flexibility index (Phi) is 7.96. The number of nitrogens with zero attached hydrogens (tertiary/aromatic N) is 3. The van der Waals surface area contributed by atoms with Crippen LogP contribution in [0.5, 0.6) is 5.75 Å². The van der Waals surface area contributed by atoms with E-state index in [9.17, 15) is 17.6 Å². The van der Waals surface area contributed by atoms with Crippen LogP contribution in [0.25, 0.3) is 10.2 Å². The zero-order chi connectivity index (χ0) is 27.4. The number of benzene rings is 3. The highest BCUT2D eigenvalue weighted by Gasteiger charge is 2.21. The number of rotatable bonds is 9. The van der Waals surface area contributed by atoms with Gasteiger partial charge in [0.05, 0.1) is 16.7 Å². The molecule has 1 aliphatic heterocycles. The van der Waals surface area contributed by atoms with Crippen LogP contribution >= 0.6 is 11.3 Å². The van der Waals surface area contributed by atoms with Crippen LogP contribution in [-0.4, -0.2) is 70.6 Å². The first-order chi connectivity index (χ1) is 18.8. The zero-order valence-electron chi connectivity index (χ0n) is 21.3. The van der Waals surface area contributed by atoms with E-state index in [0.29, 0.717) is 35.6 Å². The number of hydrogen-bond donors (Lipinski definition) is 2. The molecule has 0 aliphatic carbocycles. The van der Waals surface area contributed by atoms with Crippen LogP contribution in [0.2, 0.25) is 0 Å². The standard InChI is InChI=1S/C27H28FN5O4S2/c1-37-21-8-10-22(11-9-21)39(35,36)31-20-5-2-4-19(18-20)26(34)29-12-13-32-14-16-33(17-15-32)27-30-25-23(28)6-3-7-24(25)38-27/h2-11,18,31H,12-17H2,1H3,(H,29,34). The Balaban J connectivity index is 1.10. The Labute approximate surface area is 230 Å². The second-order valence-corrected chi connectivity index (χ2v) is 11.7. The molecule has 0 bridgehead atoms. The summed E-state index contributed by atoms with van der Waals surface area (Å²) in [5.74, 6) is -0.0282. The lowest BCUT2D eigenvalue weighted by molar-refractivity contribution is 0.0947. The monoisotopic (exact) mass is 569 g/mol. The molecule has 9 nitrogen and oxygen atoms in total. The van der Waals surface area contributed by atoms with Gasteiger partial charge in [-0.2, -0.15) is 0 Å². The number of sulfonamides is 1. The highest BCUT2D eigenvalue weighted by atomic mass is 32.2. The van der Waals surface area contributed by atoms with Crippen LogP contribution < -0.4 is 19.7 Å². The summed E-state index contributed by atoms with van der Waals surface area (Å²) in [5.41, 5.74) is 1.07. The van der Waals surface area contributed by atoms with Gasteiger partial charge in [0.15, 0.2) is 5.13 Å². The lowest BCUT2D eigenvalue weighted by Crippen LogP contribution is -2.48. The molecule has 1 aliphatic rings. The van der Waals surface area contributed by atoms with Crippen LogP contribution in [0.1, 0.15) is 10.4 Å². The lowest BCUT2D eigenvalue weighted by atomic mass is 10.2. The molecule has 1 aromatic heterocycles. The Morgan fingerprint density at radius 3 is 2.51 bits per heavy atom. The fourth-order valence-corrected chi connectivity index (χ4v) is 6.40. The predicted octanol–water partition coefficient (Wildman–Crippen LogP) is 3.80. The molecule has 1 amide bonds. The minimum Gasteiger partial charge on any atom is -0.497 e. The van der Waals surface area contributed by atoms with E-state index in [0.717, 1.165) is 36.0 Å². The zero-order valence-corrected chi connectivity index (χ0v) is 22.9. The lowest BCUT2D eigenvalue weighted by Gasteiger charge is -2.34. The molecule has 3 aromatic carbocycles. The Morgan fingerprint density at radius 1 is 1.05 bits per heavy atom. The second-order valence-electron chi connectivity index (χ2n) is 9.03. The number of anilines is 2. The minimum absolute atomic E-state index is 0.0912. The van der Waals surface area contributed by atoms with Gasteiger partial charge >= 0.3 is 0 Å². The normalized spacial score (nSPS) is 14.4. The molecular formula is C27H28FN5O4S2. The smallest absolute Gasteiger partial charge is 0.261 e. The van der Waals surface area contributed by atoms with Crippen molar-refractivity contribution in [3.05, 3.63) is 78.1 Å². The molecule has 1 fully saturated rings. The maximum absolute atomic E-state index is 14.0. The molecular weight excluding hydrogens is 541 g/mol. The van der Waals surface area contributed by atoms with Crippen molar-refractivity contribution >= 4 is 48.3 Å². The SMILES string of the molecule is COc1ccc(S(=O)(=O)Nc2cccc(C(=O)NCCN3CCN(c4nc5c(F)cccc5s4)CC3)c2)cc1. The van der Waals surface area contributed by atoms with Crippen LogP contribution in [0.4, 0.5) is 15.2 Å². The highest BCUT2D eigenvalue weighted by Crippen LogP contribution is 2.30. The molecule has 5 rings (SSSR count). The number of fused-ring (bicyclic) bond motifs is 1. The van der Waals surface area contributed by atoms with Gasteiger partial charge in [0, 0.05) is 50.5 Å². The van der Waals surface area contributed by atoms with Crippen molar-refractivity contribution in [2.45, 2.75) is 4.90 Å².